The van der Waals surface area contributed by atoms with Gasteiger partial charge in [-0.15, -0.1) is 0 Å². The number of rotatable bonds is 7. The van der Waals surface area contributed by atoms with E-state index < -0.39 is 0 Å². The van der Waals surface area contributed by atoms with Crippen molar-refractivity contribution in [3.8, 4) is 0 Å². The number of halogens is 1. The predicted molar refractivity (Wildman–Crippen MR) is 80.3 cm³/mol. The van der Waals surface area contributed by atoms with Crippen LogP contribution in [0, 0.1) is 5.92 Å². The minimum Gasteiger partial charge on any atom is -0.396 e. The van der Waals surface area contributed by atoms with Gasteiger partial charge in [-0.05, 0) is 48.2 Å². The van der Waals surface area contributed by atoms with E-state index in [1.807, 2.05) is 30.7 Å². The average Bonchev–Trinajstić information content (AvgIpc) is 2.76. The highest BCUT2D eigenvalue weighted by molar-refractivity contribution is 9.10. The Labute approximate surface area is 123 Å². The Morgan fingerprint density at radius 2 is 2.21 bits per heavy atom. The molecule has 108 valence electrons. The van der Waals surface area contributed by atoms with Gasteiger partial charge in [0.25, 0.3) is 5.91 Å². The average molecular weight is 331 g/mol. The molecule has 0 aliphatic carbocycles. The summed E-state index contributed by atoms with van der Waals surface area (Å²) >= 11 is 3.40. The summed E-state index contributed by atoms with van der Waals surface area (Å²) in [5, 5.41) is 11.9. The number of aromatic nitrogens is 1. The van der Waals surface area contributed by atoms with E-state index in [-0.39, 0.29) is 18.6 Å². The molecular formula is C14H23BrN2O2. The first kappa shape index (κ1) is 16.2. The van der Waals surface area contributed by atoms with Crippen molar-refractivity contribution in [1.82, 2.24) is 9.88 Å². The number of hydrogen-bond acceptors (Lipinski definition) is 2. The van der Waals surface area contributed by atoms with Gasteiger partial charge >= 0.3 is 0 Å². The van der Waals surface area contributed by atoms with Crippen LogP contribution in [0.2, 0.25) is 0 Å². The van der Waals surface area contributed by atoms with Gasteiger partial charge in [0.15, 0.2) is 0 Å². The minimum absolute atomic E-state index is 0.0595. The zero-order valence-corrected chi connectivity index (χ0v) is 13.4. The lowest BCUT2D eigenvalue weighted by atomic mass is 10.0. The predicted octanol–water partition coefficient (Wildman–Crippen LogP) is 2.97. The van der Waals surface area contributed by atoms with E-state index in [0.29, 0.717) is 18.2 Å². The third-order valence-corrected chi connectivity index (χ3v) is 3.70. The number of aliphatic hydroxyl groups excluding tert-OH is 1. The molecule has 0 bridgehead atoms. The third kappa shape index (κ3) is 4.66. The van der Waals surface area contributed by atoms with Crippen molar-refractivity contribution in [1.29, 1.82) is 0 Å². The van der Waals surface area contributed by atoms with Crippen LogP contribution < -0.4 is 5.32 Å². The summed E-state index contributed by atoms with van der Waals surface area (Å²) in [6.45, 7) is 6.94. The van der Waals surface area contributed by atoms with Crippen LogP contribution in [-0.2, 0) is 0 Å². The third-order valence-electron chi connectivity index (χ3n) is 3.27. The number of amides is 1. The molecule has 1 unspecified atom stereocenters. The summed E-state index contributed by atoms with van der Waals surface area (Å²) in [5.74, 6) is 0.274. The summed E-state index contributed by atoms with van der Waals surface area (Å²) in [6.07, 6.45) is 3.60. The monoisotopic (exact) mass is 330 g/mol. The Morgan fingerprint density at radius 1 is 1.53 bits per heavy atom. The molecule has 1 aromatic heterocycles. The number of nitrogens with zero attached hydrogens (tertiary/aromatic N) is 1. The zero-order valence-electron chi connectivity index (χ0n) is 11.8. The second kappa shape index (κ2) is 7.70. The van der Waals surface area contributed by atoms with Crippen LogP contribution in [0.15, 0.2) is 16.7 Å². The maximum absolute atomic E-state index is 12.2. The van der Waals surface area contributed by atoms with E-state index in [1.165, 1.54) is 0 Å². The van der Waals surface area contributed by atoms with Crippen molar-refractivity contribution in [3.05, 3.63) is 22.4 Å². The van der Waals surface area contributed by atoms with Crippen molar-refractivity contribution in [3.63, 3.8) is 0 Å². The quantitative estimate of drug-likeness (QED) is 0.807. The highest BCUT2D eigenvalue weighted by Crippen LogP contribution is 2.19. The number of carbonyl (C=O) groups is 1. The molecule has 0 fully saturated rings. The molecule has 0 saturated heterocycles. The van der Waals surface area contributed by atoms with Crippen molar-refractivity contribution in [2.75, 3.05) is 13.2 Å². The number of aliphatic hydroxyl groups is 1. The maximum Gasteiger partial charge on any atom is 0.267 e. The summed E-state index contributed by atoms with van der Waals surface area (Å²) in [7, 11) is 0. The lowest BCUT2D eigenvalue weighted by molar-refractivity contribution is 0.0933. The Bertz CT molecular complexity index is 416. The zero-order chi connectivity index (χ0) is 14.4. The van der Waals surface area contributed by atoms with Crippen LogP contribution in [0.1, 0.15) is 50.1 Å². The van der Waals surface area contributed by atoms with E-state index in [2.05, 4.69) is 28.2 Å². The highest BCUT2D eigenvalue weighted by atomic mass is 79.9. The number of carbonyl (C=O) groups excluding carboxylic acids is 1. The van der Waals surface area contributed by atoms with Crippen molar-refractivity contribution in [2.45, 2.75) is 39.7 Å². The maximum atomic E-state index is 12.2. The molecule has 1 rings (SSSR count). The van der Waals surface area contributed by atoms with Gasteiger partial charge < -0.3 is 15.0 Å². The lowest BCUT2D eigenvalue weighted by Crippen LogP contribution is -2.31. The Morgan fingerprint density at radius 3 is 2.74 bits per heavy atom. The highest BCUT2D eigenvalue weighted by Gasteiger charge is 2.16. The van der Waals surface area contributed by atoms with Gasteiger partial charge in [0.05, 0.1) is 0 Å². The smallest absolute Gasteiger partial charge is 0.267 e. The van der Waals surface area contributed by atoms with Gasteiger partial charge in [-0.1, -0.05) is 13.3 Å². The van der Waals surface area contributed by atoms with Gasteiger partial charge in [0.2, 0.25) is 0 Å². The molecular weight excluding hydrogens is 308 g/mol. The lowest BCUT2D eigenvalue weighted by Gasteiger charge is -2.16. The van der Waals surface area contributed by atoms with Gasteiger partial charge in [-0.3, -0.25) is 4.79 Å². The van der Waals surface area contributed by atoms with Gasteiger partial charge in [0.1, 0.15) is 5.69 Å². The van der Waals surface area contributed by atoms with E-state index in [9.17, 15) is 4.79 Å². The normalized spacial score (nSPS) is 12.7. The number of hydrogen-bond donors (Lipinski definition) is 2. The second-order valence-electron chi connectivity index (χ2n) is 5.04. The molecule has 2 N–H and O–H groups in total. The fraction of sp³-hybridized carbons (Fsp3) is 0.643. The van der Waals surface area contributed by atoms with E-state index in [0.717, 1.165) is 17.3 Å². The molecule has 0 saturated carbocycles. The largest absolute Gasteiger partial charge is 0.396 e. The van der Waals surface area contributed by atoms with Crippen molar-refractivity contribution >= 4 is 21.8 Å². The summed E-state index contributed by atoms with van der Waals surface area (Å²) in [6, 6.07) is 2.08. The Kier molecular flexibility index (Phi) is 6.58. The summed E-state index contributed by atoms with van der Waals surface area (Å²) in [5.41, 5.74) is 0.667. The van der Waals surface area contributed by atoms with Gasteiger partial charge in [-0.25, -0.2) is 0 Å². The number of nitrogens with one attached hydrogen (secondary N) is 1. The molecule has 1 amide bonds. The fourth-order valence-electron chi connectivity index (χ4n) is 2.02. The van der Waals surface area contributed by atoms with E-state index >= 15 is 0 Å². The first-order valence-electron chi connectivity index (χ1n) is 6.76. The van der Waals surface area contributed by atoms with Crippen LogP contribution in [0.25, 0.3) is 0 Å². The van der Waals surface area contributed by atoms with E-state index in [1.54, 1.807) is 0 Å². The van der Waals surface area contributed by atoms with E-state index in [4.69, 9.17) is 5.11 Å². The topological polar surface area (TPSA) is 54.3 Å². The Hall–Kier alpha value is -0.810. The molecule has 19 heavy (non-hydrogen) atoms. The molecule has 0 aromatic carbocycles. The van der Waals surface area contributed by atoms with Crippen LogP contribution in [0.3, 0.4) is 0 Å². The molecule has 5 heteroatoms. The minimum atomic E-state index is -0.0595. The van der Waals surface area contributed by atoms with Crippen LogP contribution in [0.5, 0.6) is 0 Å². The second-order valence-corrected chi connectivity index (χ2v) is 5.96. The molecule has 4 nitrogen and oxygen atoms in total. The molecule has 1 aromatic rings. The Balaban J connectivity index is 2.67. The molecule has 1 atom stereocenters. The molecule has 1 heterocycles. The standard InChI is InChI=1S/C14H23BrN2O2/c1-4-11(5-6-18)8-16-14(19)13-7-12(15)9-17(13)10(2)3/h7,9-11,18H,4-6,8H2,1-3H3,(H,16,19). The first-order valence-corrected chi connectivity index (χ1v) is 7.55. The molecule has 0 aliphatic heterocycles. The molecule has 0 radical (unpaired) electrons. The first-order chi connectivity index (χ1) is 8.99. The van der Waals surface area contributed by atoms with Crippen LogP contribution in [-0.4, -0.2) is 28.7 Å². The SMILES string of the molecule is CCC(CCO)CNC(=O)c1cc(Br)cn1C(C)C. The molecule has 0 spiro atoms. The summed E-state index contributed by atoms with van der Waals surface area (Å²) in [4.78, 5) is 12.2. The van der Waals surface area contributed by atoms with Crippen molar-refractivity contribution in [2.24, 2.45) is 5.92 Å². The van der Waals surface area contributed by atoms with Gasteiger partial charge in [0, 0.05) is 29.9 Å². The van der Waals surface area contributed by atoms with Crippen LogP contribution in [0.4, 0.5) is 0 Å². The van der Waals surface area contributed by atoms with Crippen LogP contribution >= 0.6 is 15.9 Å². The fourth-order valence-corrected chi connectivity index (χ4v) is 2.45. The molecule has 0 aliphatic rings. The van der Waals surface area contributed by atoms with Crippen molar-refractivity contribution < 1.29 is 9.90 Å². The summed E-state index contributed by atoms with van der Waals surface area (Å²) < 4.78 is 2.86. The van der Waals surface area contributed by atoms with Gasteiger partial charge in [-0.2, -0.15) is 0 Å².